The van der Waals surface area contributed by atoms with Crippen molar-refractivity contribution in [2.45, 2.75) is 65.5 Å². The molecule has 8 nitrogen and oxygen atoms in total. The molecule has 232 valence electrons. The zero-order valence-corrected chi connectivity index (χ0v) is 26.8. The van der Waals surface area contributed by atoms with Gasteiger partial charge in [0.2, 0.25) is 21.8 Å². The highest BCUT2D eigenvalue weighted by molar-refractivity contribution is 7.92. The average Bonchev–Trinajstić information content (AvgIpc) is 2.98. The number of anilines is 1. The number of sulfonamides is 1. The van der Waals surface area contributed by atoms with Crippen LogP contribution < -0.4 is 14.4 Å². The van der Waals surface area contributed by atoms with Crippen molar-refractivity contribution < 1.29 is 22.7 Å². The first-order valence-electron chi connectivity index (χ1n) is 14.8. The summed E-state index contributed by atoms with van der Waals surface area (Å²) in [6, 6.07) is 21.9. The Hall–Kier alpha value is -3.85. The van der Waals surface area contributed by atoms with Gasteiger partial charge in [-0.2, -0.15) is 0 Å². The summed E-state index contributed by atoms with van der Waals surface area (Å²) in [5.41, 5.74) is 4.41. The molecule has 1 N–H and O–H groups in total. The molecule has 0 aliphatic heterocycles. The van der Waals surface area contributed by atoms with Crippen LogP contribution >= 0.6 is 0 Å². The monoisotopic (exact) mass is 607 g/mol. The van der Waals surface area contributed by atoms with Gasteiger partial charge in [0.05, 0.1) is 19.1 Å². The van der Waals surface area contributed by atoms with Crippen LogP contribution in [0.25, 0.3) is 0 Å². The summed E-state index contributed by atoms with van der Waals surface area (Å²) in [7, 11) is -1.99. The van der Waals surface area contributed by atoms with Crippen molar-refractivity contribution in [3.63, 3.8) is 0 Å². The molecular formula is C34H45N3O5S. The van der Waals surface area contributed by atoms with Crippen LogP contribution in [0.3, 0.4) is 0 Å². The first-order chi connectivity index (χ1) is 20.5. The number of hydrogen-bond donors (Lipinski definition) is 1. The fourth-order valence-corrected chi connectivity index (χ4v) is 5.87. The Morgan fingerprint density at radius 3 is 2.28 bits per heavy atom. The number of nitrogens with one attached hydrogen (secondary N) is 1. The lowest BCUT2D eigenvalue weighted by Crippen LogP contribution is -2.50. The summed E-state index contributed by atoms with van der Waals surface area (Å²) in [4.78, 5) is 29.2. The van der Waals surface area contributed by atoms with Crippen molar-refractivity contribution in [3.8, 4) is 5.75 Å². The highest BCUT2D eigenvalue weighted by Gasteiger charge is 2.30. The van der Waals surface area contributed by atoms with E-state index >= 15 is 0 Å². The Morgan fingerprint density at radius 2 is 1.63 bits per heavy atom. The molecule has 0 bridgehead atoms. The van der Waals surface area contributed by atoms with E-state index in [0.29, 0.717) is 30.8 Å². The number of carbonyl (C=O) groups is 2. The number of unbranched alkanes of at least 4 members (excludes halogenated alkanes) is 1. The van der Waals surface area contributed by atoms with Gasteiger partial charge in [-0.1, -0.05) is 61.9 Å². The number of hydrogen-bond acceptors (Lipinski definition) is 5. The van der Waals surface area contributed by atoms with E-state index in [1.807, 2.05) is 80.6 Å². The largest absolute Gasteiger partial charge is 0.497 e. The molecule has 9 heteroatoms. The molecule has 0 saturated carbocycles. The van der Waals surface area contributed by atoms with Gasteiger partial charge >= 0.3 is 0 Å². The van der Waals surface area contributed by atoms with Gasteiger partial charge in [0, 0.05) is 32.5 Å². The lowest BCUT2D eigenvalue weighted by Gasteiger charge is -2.32. The number of carbonyl (C=O) groups excluding carboxylic acids is 2. The molecule has 1 atom stereocenters. The summed E-state index contributed by atoms with van der Waals surface area (Å²) in [5.74, 6) is 0.235. The maximum atomic E-state index is 14.0. The quantitative estimate of drug-likeness (QED) is 0.220. The third kappa shape index (κ3) is 10.1. The van der Waals surface area contributed by atoms with Crippen molar-refractivity contribution in [1.29, 1.82) is 0 Å². The Bertz CT molecular complexity index is 1460. The highest BCUT2D eigenvalue weighted by atomic mass is 32.2. The molecule has 0 spiro atoms. The third-order valence-corrected chi connectivity index (χ3v) is 8.71. The molecule has 0 aliphatic carbocycles. The van der Waals surface area contributed by atoms with Gasteiger partial charge in [0.1, 0.15) is 11.8 Å². The highest BCUT2D eigenvalue weighted by Crippen LogP contribution is 2.23. The van der Waals surface area contributed by atoms with Crippen LogP contribution in [0, 0.1) is 13.8 Å². The molecule has 3 rings (SSSR count). The lowest BCUT2D eigenvalue weighted by molar-refractivity contribution is -0.141. The second-order valence-electron chi connectivity index (χ2n) is 10.9. The lowest BCUT2D eigenvalue weighted by atomic mass is 10.0. The molecular weight excluding hydrogens is 562 g/mol. The van der Waals surface area contributed by atoms with Gasteiger partial charge in [-0.25, -0.2) is 8.42 Å². The molecule has 0 aliphatic rings. The van der Waals surface area contributed by atoms with E-state index in [1.54, 1.807) is 18.1 Å². The zero-order chi connectivity index (χ0) is 31.4. The standard InChI is InChI=1S/C34H45N3O5S/c1-6-7-20-35-34(39)32(24-28-13-9-8-10-14-28)36(25-29-15-11-16-31(23-29)42-4)33(38)17-12-21-37(43(5,40)41)30-19-18-26(2)27(3)22-30/h8-11,13-16,18-19,22-23,32H,6-7,12,17,20-21,24-25H2,1-5H3,(H,35,39)/t32-/m1/s1. The van der Waals surface area contributed by atoms with Crippen LogP contribution in [0.4, 0.5) is 5.69 Å². The first-order valence-corrected chi connectivity index (χ1v) is 16.7. The van der Waals surface area contributed by atoms with Gasteiger partial charge in [0.15, 0.2) is 0 Å². The Balaban J connectivity index is 1.89. The minimum absolute atomic E-state index is 0.0777. The molecule has 0 radical (unpaired) electrons. The van der Waals surface area contributed by atoms with Crippen LogP contribution in [0.2, 0.25) is 0 Å². The van der Waals surface area contributed by atoms with Crippen molar-refractivity contribution in [2.75, 3.05) is 30.8 Å². The summed E-state index contributed by atoms with van der Waals surface area (Å²) >= 11 is 0. The fraction of sp³-hybridized carbons (Fsp3) is 0.412. The van der Waals surface area contributed by atoms with Crippen molar-refractivity contribution in [1.82, 2.24) is 10.2 Å². The Morgan fingerprint density at radius 1 is 0.907 bits per heavy atom. The molecule has 43 heavy (non-hydrogen) atoms. The molecule has 0 aromatic heterocycles. The number of aryl methyl sites for hydroxylation is 2. The summed E-state index contributed by atoms with van der Waals surface area (Å²) in [5, 5.41) is 3.03. The zero-order valence-electron chi connectivity index (χ0n) is 26.0. The number of ether oxygens (including phenoxy) is 1. The second-order valence-corrected chi connectivity index (χ2v) is 12.8. The van der Waals surface area contributed by atoms with Crippen LogP contribution in [-0.4, -0.2) is 57.6 Å². The number of methoxy groups -OCH3 is 1. The fourth-order valence-electron chi connectivity index (χ4n) is 4.91. The number of rotatable bonds is 16. The molecule has 2 amide bonds. The minimum atomic E-state index is -3.57. The normalized spacial score (nSPS) is 11.9. The van der Waals surface area contributed by atoms with Gasteiger partial charge in [-0.15, -0.1) is 0 Å². The van der Waals surface area contributed by atoms with Gasteiger partial charge in [0.25, 0.3) is 0 Å². The molecule has 0 saturated heterocycles. The molecule has 0 heterocycles. The van der Waals surface area contributed by atoms with Crippen LogP contribution in [0.5, 0.6) is 5.75 Å². The maximum Gasteiger partial charge on any atom is 0.243 e. The Kier molecular flexibility index (Phi) is 12.6. The predicted octanol–water partition coefficient (Wildman–Crippen LogP) is 5.41. The maximum absolute atomic E-state index is 14.0. The van der Waals surface area contributed by atoms with Crippen LogP contribution in [0.15, 0.2) is 72.8 Å². The number of amides is 2. The third-order valence-electron chi connectivity index (χ3n) is 7.52. The summed E-state index contributed by atoms with van der Waals surface area (Å²) < 4.78 is 32.2. The number of nitrogens with zero attached hydrogens (tertiary/aromatic N) is 2. The van der Waals surface area contributed by atoms with Gasteiger partial charge in [-0.05, 0) is 73.2 Å². The first kappa shape index (κ1) is 33.6. The van der Waals surface area contributed by atoms with Gasteiger partial charge in [-0.3, -0.25) is 13.9 Å². The number of benzene rings is 3. The summed E-state index contributed by atoms with van der Waals surface area (Å²) in [6.45, 7) is 6.86. The van der Waals surface area contributed by atoms with Crippen molar-refractivity contribution >= 4 is 27.5 Å². The van der Waals surface area contributed by atoms with E-state index in [2.05, 4.69) is 12.2 Å². The van der Waals surface area contributed by atoms with E-state index in [1.165, 1.54) is 10.6 Å². The van der Waals surface area contributed by atoms with E-state index in [9.17, 15) is 18.0 Å². The summed E-state index contributed by atoms with van der Waals surface area (Å²) in [6.07, 6.45) is 3.68. The van der Waals surface area contributed by atoms with E-state index in [0.717, 1.165) is 35.1 Å². The Labute approximate surface area is 257 Å². The van der Waals surface area contributed by atoms with Crippen molar-refractivity contribution in [2.24, 2.45) is 0 Å². The predicted molar refractivity (Wildman–Crippen MR) is 173 cm³/mol. The van der Waals surface area contributed by atoms with E-state index in [-0.39, 0.29) is 31.3 Å². The van der Waals surface area contributed by atoms with Crippen molar-refractivity contribution in [3.05, 3.63) is 95.1 Å². The van der Waals surface area contributed by atoms with E-state index in [4.69, 9.17) is 4.74 Å². The SMILES string of the molecule is CCCCNC(=O)[C@@H](Cc1ccccc1)N(Cc1cccc(OC)c1)C(=O)CCCN(c1ccc(C)c(C)c1)S(C)(=O)=O. The van der Waals surface area contributed by atoms with E-state index < -0.39 is 16.1 Å². The topological polar surface area (TPSA) is 96.0 Å². The molecule has 0 fully saturated rings. The average molecular weight is 608 g/mol. The minimum Gasteiger partial charge on any atom is -0.497 e. The van der Waals surface area contributed by atoms with Gasteiger partial charge < -0.3 is 15.0 Å². The van der Waals surface area contributed by atoms with Crippen LogP contribution in [0.1, 0.15) is 54.9 Å². The smallest absolute Gasteiger partial charge is 0.243 e. The molecule has 3 aromatic carbocycles. The molecule has 3 aromatic rings. The second kappa shape index (κ2) is 16.1. The molecule has 0 unspecified atom stereocenters. The van der Waals surface area contributed by atoms with Crippen LogP contribution in [-0.2, 0) is 32.6 Å².